The number of amides is 3. The third-order valence-corrected chi connectivity index (χ3v) is 7.51. The molecule has 0 aromatic heterocycles. The minimum Gasteiger partial charge on any atom is -0.487 e. The molecule has 4 N–H and O–H groups in total. The molecule has 0 unspecified atom stereocenters. The fourth-order valence-corrected chi connectivity index (χ4v) is 4.73. The molecule has 0 spiro atoms. The standard InChI is InChI=1S/C32H44N4O5/c1-7-21(4)19-25(36(5)6)30(38)35-27-29(20(2)3)41-24-15-13-22(14-16-24)17-18-33-31(39)26(34-32(27)40)28(37)23-11-9-8-10-12-23/h8-18,20-21,25-29,37H,7,19H2,1-6H3,(H,33,39)(H,34,40)(H,35,38)/t21-,25-,26+,27+,28+,29-/m0/s1. The summed E-state index contributed by atoms with van der Waals surface area (Å²) < 4.78 is 6.33. The molecule has 6 atom stereocenters. The molecule has 2 bridgehead atoms. The van der Waals surface area contributed by atoms with Crippen LogP contribution >= 0.6 is 0 Å². The zero-order valence-electron chi connectivity index (χ0n) is 24.8. The lowest BCUT2D eigenvalue weighted by Gasteiger charge is -2.34. The first-order valence-electron chi connectivity index (χ1n) is 14.3. The van der Waals surface area contributed by atoms with E-state index < -0.39 is 42.1 Å². The van der Waals surface area contributed by atoms with Crippen LogP contribution in [-0.2, 0) is 14.4 Å². The van der Waals surface area contributed by atoms with E-state index in [0.29, 0.717) is 23.7 Å². The van der Waals surface area contributed by atoms with E-state index in [9.17, 15) is 19.5 Å². The van der Waals surface area contributed by atoms with Crippen LogP contribution in [0.15, 0.2) is 60.8 Å². The molecule has 2 aromatic rings. The second-order valence-corrected chi connectivity index (χ2v) is 11.3. The number of ether oxygens (including phenoxy) is 1. The smallest absolute Gasteiger partial charge is 0.249 e. The summed E-state index contributed by atoms with van der Waals surface area (Å²) in [7, 11) is 3.67. The quantitative estimate of drug-likeness (QED) is 0.371. The molecule has 9 heteroatoms. The van der Waals surface area contributed by atoms with Gasteiger partial charge in [0.05, 0.1) is 6.04 Å². The van der Waals surface area contributed by atoms with Crippen LogP contribution in [0.5, 0.6) is 5.75 Å². The highest BCUT2D eigenvalue weighted by atomic mass is 16.5. The molecule has 2 aromatic carbocycles. The number of benzene rings is 2. The summed E-state index contributed by atoms with van der Waals surface area (Å²) in [6.45, 7) is 7.98. The fraction of sp³-hybridized carbons (Fsp3) is 0.469. The molecule has 222 valence electrons. The molecule has 0 aliphatic carbocycles. The Labute approximate surface area is 243 Å². The topological polar surface area (TPSA) is 120 Å². The first-order valence-corrected chi connectivity index (χ1v) is 14.3. The Balaban J connectivity index is 2.05. The molecule has 0 radical (unpaired) electrons. The number of rotatable bonds is 9. The van der Waals surface area contributed by atoms with Crippen LogP contribution in [-0.4, -0.2) is 66.1 Å². The summed E-state index contributed by atoms with van der Waals surface area (Å²) in [5.74, 6) is -0.908. The molecule has 9 nitrogen and oxygen atoms in total. The number of likely N-dealkylation sites (N-methyl/N-ethyl adjacent to an activating group) is 1. The number of nitrogens with one attached hydrogen (secondary N) is 3. The number of hydrogen-bond donors (Lipinski definition) is 4. The van der Waals surface area contributed by atoms with E-state index in [1.54, 1.807) is 48.5 Å². The molecule has 41 heavy (non-hydrogen) atoms. The van der Waals surface area contributed by atoms with Gasteiger partial charge in [-0.3, -0.25) is 19.3 Å². The van der Waals surface area contributed by atoms with Gasteiger partial charge in [-0.05, 0) is 61.7 Å². The number of fused-ring (bicyclic) bond motifs is 10. The lowest BCUT2D eigenvalue weighted by molar-refractivity contribution is -0.137. The van der Waals surface area contributed by atoms with Crippen molar-refractivity contribution in [2.24, 2.45) is 11.8 Å². The van der Waals surface area contributed by atoms with Gasteiger partial charge in [-0.15, -0.1) is 0 Å². The second kappa shape index (κ2) is 14.8. The number of aliphatic hydroxyl groups excluding tert-OH is 1. The maximum atomic E-state index is 14.0. The predicted molar refractivity (Wildman–Crippen MR) is 160 cm³/mol. The van der Waals surface area contributed by atoms with Crippen molar-refractivity contribution in [3.05, 3.63) is 71.9 Å². The van der Waals surface area contributed by atoms with Crippen molar-refractivity contribution in [2.75, 3.05) is 14.1 Å². The number of hydrogen-bond acceptors (Lipinski definition) is 6. The van der Waals surface area contributed by atoms with Crippen LogP contribution in [0, 0.1) is 11.8 Å². The monoisotopic (exact) mass is 564 g/mol. The van der Waals surface area contributed by atoms with Gasteiger partial charge in [0.25, 0.3) is 0 Å². The van der Waals surface area contributed by atoms with Gasteiger partial charge in [-0.2, -0.15) is 0 Å². The Hall–Kier alpha value is -3.69. The van der Waals surface area contributed by atoms with E-state index in [2.05, 4.69) is 29.8 Å². The van der Waals surface area contributed by atoms with Crippen LogP contribution in [0.3, 0.4) is 0 Å². The summed E-state index contributed by atoms with van der Waals surface area (Å²) in [6.07, 6.45) is 2.60. The molecule has 4 rings (SSSR count). The van der Waals surface area contributed by atoms with Gasteiger partial charge < -0.3 is 25.8 Å². The molecule has 0 saturated carbocycles. The Bertz CT molecular complexity index is 1180. The molecular weight excluding hydrogens is 520 g/mol. The summed E-state index contributed by atoms with van der Waals surface area (Å²) in [4.78, 5) is 42.9. The van der Waals surface area contributed by atoms with Crippen molar-refractivity contribution in [3.63, 3.8) is 0 Å². The fourth-order valence-electron chi connectivity index (χ4n) is 4.73. The van der Waals surface area contributed by atoms with E-state index in [0.717, 1.165) is 12.0 Å². The third kappa shape index (κ3) is 8.65. The predicted octanol–water partition coefficient (Wildman–Crippen LogP) is 3.26. The van der Waals surface area contributed by atoms with Gasteiger partial charge in [-0.1, -0.05) is 76.6 Å². The van der Waals surface area contributed by atoms with Crippen molar-refractivity contribution < 1.29 is 24.2 Å². The Morgan fingerprint density at radius 2 is 1.68 bits per heavy atom. The molecule has 2 aliphatic rings. The molecular formula is C32H44N4O5. The van der Waals surface area contributed by atoms with Crippen molar-refractivity contribution in [3.8, 4) is 5.75 Å². The molecule has 2 heterocycles. The number of carbonyl (C=O) groups excluding carboxylic acids is 3. The van der Waals surface area contributed by atoms with Crippen molar-refractivity contribution >= 4 is 23.8 Å². The van der Waals surface area contributed by atoms with Crippen LogP contribution in [0.1, 0.15) is 57.8 Å². The Kier molecular flexibility index (Phi) is 11.5. The van der Waals surface area contributed by atoms with Gasteiger partial charge in [0, 0.05) is 6.20 Å². The highest BCUT2D eigenvalue weighted by Gasteiger charge is 2.39. The first kappa shape index (κ1) is 31.8. The largest absolute Gasteiger partial charge is 0.487 e. The summed E-state index contributed by atoms with van der Waals surface area (Å²) in [5.41, 5.74) is 1.29. The lowest BCUT2D eigenvalue weighted by Crippen LogP contribution is -2.62. The highest BCUT2D eigenvalue weighted by molar-refractivity contribution is 5.94. The van der Waals surface area contributed by atoms with Gasteiger partial charge in [0.2, 0.25) is 17.7 Å². The van der Waals surface area contributed by atoms with Gasteiger partial charge in [0.1, 0.15) is 30.0 Å². The number of carbonyl (C=O) groups is 3. The molecule has 2 aliphatic heterocycles. The van der Waals surface area contributed by atoms with E-state index in [-0.39, 0.29) is 11.8 Å². The van der Waals surface area contributed by atoms with Crippen molar-refractivity contribution in [1.29, 1.82) is 0 Å². The summed E-state index contributed by atoms with van der Waals surface area (Å²) >= 11 is 0. The van der Waals surface area contributed by atoms with E-state index in [4.69, 9.17) is 4.74 Å². The van der Waals surface area contributed by atoms with Gasteiger partial charge in [-0.25, -0.2) is 0 Å². The first-order chi connectivity index (χ1) is 19.5. The zero-order chi connectivity index (χ0) is 30.1. The normalized spacial score (nSPS) is 21.8. The van der Waals surface area contributed by atoms with Crippen molar-refractivity contribution in [1.82, 2.24) is 20.9 Å². The summed E-state index contributed by atoms with van der Waals surface area (Å²) in [5, 5.41) is 19.6. The third-order valence-electron chi connectivity index (χ3n) is 7.51. The maximum Gasteiger partial charge on any atom is 0.249 e. The molecule has 3 amide bonds. The lowest BCUT2D eigenvalue weighted by atomic mass is 9.94. The van der Waals surface area contributed by atoms with Gasteiger partial charge >= 0.3 is 0 Å². The maximum absolute atomic E-state index is 14.0. The Morgan fingerprint density at radius 1 is 1.02 bits per heavy atom. The average Bonchev–Trinajstić information content (AvgIpc) is 2.96. The van der Waals surface area contributed by atoms with Crippen molar-refractivity contribution in [2.45, 2.75) is 70.9 Å². The van der Waals surface area contributed by atoms with E-state index in [1.807, 2.05) is 45.0 Å². The summed E-state index contributed by atoms with van der Waals surface area (Å²) in [6, 6.07) is 12.9. The average molecular weight is 565 g/mol. The van der Waals surface area contributed by atoms with Gasteiger partial charge in [0.15, 0.2) is 0 Å². The molecule has 0 fully saturated rings. The zero-order valence-corrected chi connectivity index (χ0v) is 24.8. The minimum absolute atomic E-state index is 0.197. The number of nitrogens with zero attached hydrogens (tertiary/aromatic N) is 1. The number of aliphatic hydroxyl groups is 1. The van der Waals surface area contributed by atoms with Crippen LogP contribution in [0.25, 0.3) is 6.08 Å². The minimum atomic E-state index is -1.34. The highest BCUT2D eigenvalue weighted by Crippen LogP contribution is 2.23. The second-order valence-electron chi connectivity index (χ2n) is 11.3. The SMILES string of the molecule is CC[C@H](C)C[C@@H](C(=O)N[C@H]1C(=O)N[C@H]([C@H](O)c2ccccc2)C(=O)NC=Cc2ccc(cc2)O[C@H]1C(C)C)N(C)C. The van der Waals surface area contributed by atoms with E-state index >= 15 is 0 Å². The Morgan fingerprint density at radius 3 is 2.27 bits per heavy atom. The van der Waals surface area contributed by atoms with E-state index in [1.165, 1.54) is 6.20 Å². The molecule has 0 saturated heterocycles. The van der Waals surface area contributed by atoms with Crippen LogP contribution in [0.4, 0.5) is 0 Å². The van der Waals surface area contributed by atoms with Crippen LogP contribution < -0.4 is 20.7 Å². The van der Waals surface area contributed by atoms with Crippen LogP contribution in [0.2, 0.25) is 0 Å².